The summed E-state index contributed by atoms with van der Waals surface area (Å²) in [7, 11) is 0. The number of likely N-dealkylation sites (tertiary alicyclic amines) is 1. The van der Waals surface area contributed by atoms with Crippen LogP contribution in [-0.2, 0) is 4.79 Å². The predicted molar refractivity (Wildman–Crippen MR) is 74.1 cm³/mol. The molecule has 0 aromatic heterocycles. The van der Waals surface area contributed by atoms with Crippen LogP contribution in [0.4, 0.5) is 13.2 Å². The van der Waals surface area contributed by atoms with Crippen molar-refractivity contribution in [2.75, 3.05) is 19.0 Å². The molecule has 1 aliphatic rings. The first-order chi connectivity index (χ1) is 10.4. The third kappa shape index (κ3) is 3.52. The highest BCUT2D eigenvalue weighted by Crippen LogP contribution is 2.17. The molecule has 0 radical (unpaired) electrons. The van der Waals surface area contributed by atoms with Crippen molar-refractivity contribution in [2.45, 2.75) is 18.9 Å². The molecule has 0 bridgehead atoms. The fraction of sp³-hybridized carbons (Fsp3) is 0.429. The van der Waals surface area contributed by atoms with E-state index in [0.717, 1.165) is 6.07 Å². The summed E-state index contributed by atoms with van der Waals surface area (Å²) in [5.41, 5.74) is -0.543. The lowest BCUT2D eigenvalue weighted by Crippen LogP contribution is -2.47. The number of nitrogens with zero attached hydrogens (tertiary/aromatic N) is 1. The molecule has 1 aromatic rings. The minimum Gasteiger partial charge on any atom is -0.349 e. The number of piperidine rings is 1. The van der Waals surface area contributed by atoms with Crippen LogP contribution in [0.5, 0.6) is 0 Å². The van der Waals surface area contributed by atoms with Crippen molar-refractivity contribution in [3.63, 3.8) is 0 Å². The normalized spacial score (nSPS) is 15.7. The first-order valence-electron chi connectivity index (χ1n) is 6.72. The molecule has 0 saturated carbocycles. The van der Waals surface area contributed by atoms with Crippen LogP contribution in [0, 0.1) is 17.5 Å². The van der Waals surface area contributed by atoms with Gasteiger partial charge >= 0.3 is 0 Å². The molecule has 1 aliphatic heterocycles. The zero-order valence-corrected chi connectivity index (χ0v) is 12.3. The average Bonchev–Trinajstić information content (AvgIpc) is 2.52. The lowest BCUT2D eigenvalue weighted by molar-refractivity contribution is -0.129. The van der Waals surface area contributed by atoms with E-state index in [1.165, 1.54) is 0 Å². The van der Waals surface area contributed by atoms with E-state index in [-0.39, 0.29) is 17.8 Å². The summed E-state index contributed by atoms with van der Waals surface area (Å²) < 4.78 is 39.5. The number of nitrogens with one attached hydrogen (secondary N) is 1. The summed E-state index contributed by atoms with van der Waals surface area (Å²) in [4.78, 5) is 24.9. The lowest BCUT2D eigenvalue weighted by atomic mass is 10.0. The standard InChI is InChI=1S/C14H14ClF3N2O2/c15-7-11(21)20-5-3-8(4-6-20)19-14(22)9-1-2-10(16)13(18)12(9)17/h1-2,8H,3-7H2,(H,19,22). The van der Waals surface area contributed by atoms with Gasteiger partial charge in [0.25, 0.3) is 5.91 Å². The van der Waals surface area contributed by atoms with Gasteiger partial charge in [0.1, 0.15) is 5.88 Å². The third-order valence-electron chi connectivity index (χ3n) is 3.58. The zero-order valence-electron chi connectivity index (χ0n) is 11.5. The third-order valence-corrected chi connectivity index (χ3v) is 3.81. The Balaban J connectivity index is 1.97. The number of carbonyl (C=O) groups is 2. The van der Waals surface area contributed by atoms with E-state index in [4.69, 9.17) is 11.6 Å². The maximum Gasteiger partial charge on any atom is 0.254 e. The number of halogens is 4. The van der Waals surface area contributed by atoms with E-state index < -0.39 is 28.9 Å². The molecule has 2 amide bonds. The molecule has 0 aliphatic carbocycles. The minimum atomic E-state index is -1.67. The van der Waals surface area contributed by atoms with Gasteiger partial charge in [0.15, 0.2) is 17.5 Å². The molecule has 0 unspecified atom stereocenters. The molecule has 8 heteroatoms. The zero-order chi connectivity index (χ0) is 16.3. The average molecular weight is 335 g/mol. The monoisotopic (exact) mass is 334 g/mol. The number of benzene rings is 1. The predicted octanol–water partition coefficient (Wildman–Crippen LogP) is 2.06. The Labute approximate surface area is 130 Å². The van der Waals surface area contributed by atoms with Crippen LogP contribution in [0.25, 0.3) is 0 Å². The van der Waals surface area contributed by atoms with Crippen LogP contribution < -0.4 is 5.32 Å². The molecule has 0 spiro atoms. The number of amides is 2. The van der Waals surface area contributed by atoms with Crippen LogP contribution in [0.3, 0.4) is 0 Å². The molecule has 4 nitrogen and oxygen atoms in total. The lowest BCUT2D eigenvalue weighted by Gasteiger charge is -2.32. The van der Waals surface area contributed by atoms with Crippen LogP contribution in [0.2, 0.25) is 0 Å². The smallest absolute Gasteiger partial charge is 0.254 e. The summed E-state index contributed by atoms with van der Waals surface area (Å²) in [6, 6.07) is 1.34. The van der Waals surface area contributed by atoms with E-state index in [1.54, 1.807) is 4.90 Å². The van der Waals surface area contributed by atoms with Crippen LogP contribution in [-0.4, -0.2) is 41.7 Å². The maximum atomic E-state index is 13.5. The Morgan fingerprint density at radius 2 is 1.82 bits per heavy atom. The fourth-order valence-corrected chi connectivity index (χ4v) is 2.49. The molecule has 22 heavy (non-hydrogen) atoms. The van der Waals surface area contributed by atoms with Gasteiger partial charge in [-0.1, -0.05) is 0 Å². The number of carbonyl (C=O) groups excluding carboxylic acids is 2. The van der Waals surface area contributed by atoms with E-state index in [9.17, 15) is 22.8 Å². The Kier molecular flexibility index (Phi) is 5.28. The Bertz CT molecular complexity index is 590. The van der Waals surface area contributed by atoms with Crippen LogP contribution >= 0.6 is 11.6 Å². The molecular weight excluding hydrogens is 321 g/mol. The first-order valence-corrected chi connectivity index (χ1v) is 7.25. The van der Waals surface area contributed by atoms with Gasteiger partial charge in [0, 0.05) is 19.1 Å². The molecule has 1 aromatic carbocycles. The van der Waals surface area contributed by atoms with Crippen LogP contribution in [0.15, 0.2) is 12.1 Å². The van der Waals surface area contributed by atoms with Crippen LogP contribution in [0.1, 0.15) is 23.2 Å². The molecule has 1 N–H and O–H groups in total. The molecule has 2 rings (SSSR count). The number of alkyl halides is 1. The van der Waals surface area contributed by atoms with Gasteiger partial charge in [-0.3, -0.25) is 9.59 Å². The van der Waals surface area contributed by atoms with Gasteiger partial charge in [-0.05, 0) is 25.0 Å². The number of rotatable bonds is 3. The topological polar surface area (TPSA) is 49.4 Å². The molecular formula is C14H14ClF3N2O2. The van der Waals surface area contributed by atoms with Gasteiger partial charge in [-0.2, -0.15) is 0 Å². The highest BCUT2D eigenvalue weighted by Gasteiger charge is 2.25. The van der Waals surface area contributed by atoms with Gasteiger partial charge < -0.3 is 10.2 Å². The molecule has 1 fully saturated rings. The van der Waals surface area contributed by atoms with E-state index in [0.29, 0.717) is 32.0 Å². The fourth-order valence-electron chi connectivity index (χ4n) is 2.32. The Morgan fingerprint density at radius 1 is 1.18 bits per heavy atom. The van der Waals surface area contributed by atoms with Crippen molar-refractivity contribution < 1.29 is 22.8 Å². The second-order valence-electron chi connectivity index (χ2n) is 4.99. The Morgan fingerprint density at radius 3 is 2.41 bits per heavy atom. The largest absolute Gasteiger partial charge is 0.349 e. The van der Waals surface area contributed by atoms with Crippen molar-refractivity contribution in [3.8, 4) is 0 Å². The summed E-state index contributed by atoms with van der Waals surface area (Å²) in [6.07, 6.45) is 0.972. The molecule has 1 saturated heterocycles. The molecule has 0 atom stereocenters. The minimum absolute atomic E-state index is 0.100. The SMILES string of the molecule is O=C(NC1CCN(C(=O)CCl)CC1)c1ccc(F)c(F)c1F. The number of hydrogen-bond acceptors (Lipinski definition) is 2. The van der Waals surface area contributed by atoms with E-state index >= 15 is 0 Å². The van der Waals surface area contributed by atoms with Crippen molar-refractivity contribution in [3.05, 3.63) is 35.1 Å². The quantitative estimate of drug-likeness (QED) is 0.679. The summed E-state index contributed by atoms with van der Waals surface area (Å²) >= 11 is 5.46. The summed E-state index contributed by atoms with van der Waals surface area (Å²) in [6.45, 7) is 0.855. The maximum absolute atomic E-state index is 13.5. The second kappa shape index (κ2) is 7.00. The highest BCUT2D eigenvalue weighted by atomic mass is 35.5. The van der Waals surface area contributed by atoms with E-state index in [2.05, 4.69) is 5.32 Å². The van der Waals surface area contributed by atoms with Crippen molar-refractivity contribution in [2.24, 2.45) is 0 Å². The highest BCUT2D eigenvalue weighted by molar-refractivity contribution is 6.27. The second-order valence-corrected chi connectivity index (χ2v) is 5.25. The van der Waals surface area contributed by atoms with Gasteiger partial charge in [-0.25, -0.2) is 13.2 Å². The van der Waals surface area contributed by atoms with Gasteiger partial charge in [0.2, 0.25) is 5.91 Å². The Hall–Kier alpha value is -1.76. The summed E-state index contributed by atoms with van der Waals surface area (Å²) in [5.74, 6) is -5.61. The van der Waals surface area contributed by atoms with E-state index in [1.807, 2.05) is 0 Å². The number of hydrogen-bond donors (Lipinski definition) is 1. The molecule has 120 valence electrons. The van der Waals surface area contributed by atoms with Crippen molar-refractivity contribution >= 4 is 23.4 Å². The summed E-state index contributed by atoms with van der Waals surface area (Å²) in [5, 5.41) is 2.56. The van der Waals surface area contributed by atoms with Gasteiger partial charge in [-0.15, -0.1) is 11.6 Å². The van der Waals surface area contributed by atoms with Crippen molar-refractivity contribution in [1.82, 2.24) is 10.2 Å². The van der Waals surface area contributed by atoms with Crippen molar-refractivity contribution in [1.29, 1.82) is 0 Å². The molecule has 1 heterocycles. The van der Waals surface area contributed by atoms with Gasteiger partial charge in [0.05, 0.1) is 5.56 Å². The first kappa shape index (κ1) is 16.6.